The number of nitrogen functional groups attached to an aromatic ring is 1. The van der Waals surface area contributed by atoms with Crippen LogP contribution in [-0.2, 0) is 11.3 Å². The van der Waals surface area contributed by atoms with Gasteiger partial charge in [-0.2, -0.15) is 0 Å². The molecule has 0 unspecified atom stereocenters. The Morgan fingerprint density at radius 1 is 1.50 bits per heavy atom. The van der Waals surface area contributed by atoms with Crippen LogP contribution in [0.1, 0.15) is 31.7 Å². The highest BCUT2D eigenvalue weighted by atomic mass is 16.3. The van der Waals surface area contributed by atoms with Crippen LogP contribution in [0.15, 0.2) is 18.2 Å². The van der Waals surface area contributed by atoms with Crippen molar-refractivity contribution in [3.63, 3.8) is 0 Å². The molecule has 1 rings (SSSR count). The summed E-state index contributed by atoms with van der Waals surface area (Å²) in [5.41, 5.74) is 6.81. The van der Waals surface area contributed by atoms with Crippen molar-refractivity contribution in [1.82, 2.24) is 5.32 Å². The minimum absolute atomic E-state index is 0.00340. The van der Waals surface area contributed by atoms with Gasteiger partial charge in [0.05, 0.1) is 0 Å². The third-order valence-corrected chi connectivity index (χ3v) is 2.34. The van der Waals surface area contributed by atoms with E-state index in [1.165, 1.54) is 6.07 Å². The summed E-state index contributed by atoms with van der Waals surface area (Å²) in [5.74, 6) is 0.161. The van der Waals surface area contributed by atoms with E-state index in [9.17, 15) is 9.90 Å². The molecule has 1 amide bonds. The van der Waals surface area contributed by atoms with Crippen molar-refractivity contribution < 1.29 is 9.90 Å². The predicted octanol–water partition coefficient (Wildman–Crippen LogP) is 1.78. The SMILES string of the molecule is CCCCC(=O)NCc1cc(N)ccc1O. The molecule has 16 heavy (non-hydrogen) atoms. The molecule has 0 heterocycles. The molecule has 0 aliphatic rings. The molecular weight excluding hydrogens is 204 g/mol. The first-order chi connectivity index (χ1) is 7.63. The van der Waals surface area contributed by atoms with Gasteiger partial charge in [0.25, 0.3) is 0 Å². The normalized spacial score (nSPS) is 10.1. The Morgan fingerprint density at radius 2 is 2.25 bits per heavy atom. The number of hydrogen-bond acceptors (Lipinski definition) is 3. The molecule has 0 aliphatic heterocycles. The Kier molecular flexibility index (Phi) is 4.64. The maximum Gasteiger partial charge on any atom is 0.220 e. The van der Waals surface area contributed by atoms with Gasteiger partial charge in [0.2, 0.25) is 5.91 Å². The van der Waals surface area contributed by atoms with E-state index in [1.807, 2.05) is 6.92 Å². The van der Waals surface area contributed by atoms with Crippen LogP contribution >= 0.6 is 0 Å². The van der Waals surface area contributed by atoms with Gasteiger partial charge in [0, 0.05) is 24.2 Å². The van der Waals surface area contributed by atoms with Crippen molar-refractivity contribution in [2.24, 2.45) is 0 Å². The molecule has 0 spiro atoms. The molecule has 0 radical (unpaired) electrons. The Balaban J connectivity index is 2.47. The topological polar surface area (TPSA) is 75.4 Å². The summed E-state index contributed by atoms with van der Waals surface area (Å²) >= 11 is 0. The fourth-order valence-electron chi connectivity index (χ4n) is 1.37. The van der Waals surface area contributed by atoms with Gasteiger partial charge < -0.3 is 16.2 Å². The minimum Gasteiger partial charge on any atom is -0.508 e. The van der Waals surface area contributed by atoms with Crippen LogP contribution in [-0.4, -0.2) is 11.0 Å². The molecule has 0 saturated carbocycles. The quantitative estimate of drug-likeness (QED) is 0.525. The maximum atomic E-state index is 11.3. The molecule has 0 aliphatic carbocycles. The third-order valence-electron chi connectivity index (χ3n) is 2.34. The van der Waals surface area contributed by atoms with Crippen molar-refractivity contribution in [3.05, 3.63) is 23.8 Å². The minimum atomic E-state index is 0.00340. The number of unbranched alkanes of at least 4 members (excludes halogenated alkanes) is 1. The highest BCUT2D eigenvalue weighted by molar-refractivity contribution is 5.75. The molecule has 1 aromatic carbocycles. The highest BCUT2D eigenvalue weighted by Gasteiger charge is 2.04. The first kappa shape index (κ1) is 12.4. The second-order valence-electron chi connectivity index (χ2n) is 3.77. The Bertz CT molecular complexity index is 364. The maximum absolute atomic E-state index is 11.3. The molecule has 4 heteroatoms. The van der Waals surface area contributed by atoms with E-state index in [-0.39, 0.29) is 11.7 Å². The zero-order chi connectivity index (χ0) is 12.0. The van der Waals surface area contributed by atoms with E-state index >= 15 is 0 Å². The van der Waals surface area contributed by atoms with Crippen LogP contribution in [0.4, 0.5) is 5.69 Å². The van der Waals surface area contributed by atoms with Crippen LogP contribution in [0.25, 0.3) is 0 Å². The number of carbonyl (C=O) groups excluding carboxylic acids is 1. The monoisotopic (exact) mass is 222 g/mol. The van der Waals surface area contributed by atoms with Crippen molar-refractivity contribution in [1.29, 1.82) is 0 Å². The molecule has 0 aromatic heterocycles. The summed E-state index contributed by atoms with van der Waals surface area (Å²) in [6.45, 7) is 2.36. The largest absolute Gasteiger partial charge is 0.508 e. The van der Waals surface area contributed by atoms with Crippen LogP contribution in [0.5, 0.6) is 5.75 Å². The Morgan fingerprint density at radius 3 is 2.94 bits per heavy atom. The van der Waals surface area contributed by atoms with Crippen LogP contribution in [0.2, 0.25) is 0 Å². The first-order valence-corrected chi connectivity index (χ1v) is 5.47. The summed E-state index contributed by atoms with van der Waals surface area (Å²) in [6, 6.07) is 4.82. The van der Waals surface area contributed by atoms with Gasteiger partial charge in [0.15, 0.2) is 0 Å². The van der Waals surface area contributed by atoms with Crippen molar-refractivity contribution >= 4 is 11.6 Å². The fourth-order valence-corrected chi connectivity index (χ4v) is 1.37. The van der Waals surface area contributed by atoms with Crippen LogP contribution in [0, 0.1) is 0 Å². The number of amides is 1. The molecular formula is C12H18N2O2. The lowest BCUT2D eigenvalue weighted by molar-refractivity contribution is -0.121. The van der Waals surface area contributed by atoms with E-state index in [1.54, 1.807) is 12.1 Å². The molecule has 1 aromatic rings. The molecule has 4 nitrogen and oxygen atoms in total. The summed E-state index contributed by atoms with van der Waals surface area (Å²) in [5, 5.41) is 12.3. The fraction of sp³-hybridized carbons (Fsp3) is 0.417. The summed E-state index contributed by atoms with van der Waals surface area (Å²) < 4.78 is 0. The number of carbonyl (C=O) groups is 1. The molecule has 0 saturated heterocycles. The molecule has 88 valence electrons. The lowest BCUT2D eigenvalue weighted by Gasteiger charge is -2.07. The average Bonchev–Trinajstić information content (AvgIpc) is 2.27. The zero-order valence-corrected chi connectivity index (χ0v) is 9.49. The second-order valence-corrected chi connectivity index (χ2v) is 3.77. The predicted molar refractivity (Wildman–Crippen MR) is 63.9 cm³/mol. The van der Waals surface area contributed by atoms with Crippen molar-refractivity contribution in [3.8, 4) is 5.75 Å². The van der Waals surface area contributed by atoms with Crippen LogP contribution in [0.3, 0.4) is 0 Å². The number of anilines is 1. The summed E-state index contributed by atoms with van der Waals surface area (Å²) in [6.07, 6.45) is 2.41. The van der Waals surface area contributed by atoms with Gasteiger partial charge in [-0.05, 0) is 24.6 Å². The molecule has 4 N–H and O–H groups in total. The molecule has 0 atom stereocenters. The van der Waals surface area contributed by atoms with E-state index in [2.05, 4.69) is 5.32 Å². The number of nitrogens with two attached hydrogens (primary N) is 1. The van der Waals surface area contributed by atoms with Gasteiger partial charge in [-0.3, -0.25) is 4.79 Å². The standard InChI is InChI=1S/C12H18N2O2/c1-2-3-4-12(16)14-8-9-7-10(13)5-6-11(9)15/h5-7,15H,2-4,8,13H2,1H3,(H,14,16). The molecule has 0 bridgehead atoms. The van der Waals surface area contributed by atoms with Crippen molar-refractivity contribution in [2.45, 2.75) is 32.7 Å². The first-order valence-electron chi connectivity index (χ1n) is 5.47. The Hall–Kier alpha value is -1.71. The molecule has 0 fully saturated rings. The van der Waals surface area contributed by atoms with Gasteiger partial charge in [0.1, 0.15) is 5.75 Å². The second kappa shape index (κ2) is 6.00. The van der Waals surface area contributed by atoms with Gasteiger partial charge >= 0.3 is 0 Å². The number of aromatic hydroxyl groups is 1. The lowest BCUT2D eigenvalue weighted by atomic mass is 10.1. The van der Waals surface area contributed by atoms with E-state index < -0.39 is 0 Å². The summed E-state index contributed by atoms with van der Waals surface area (Å²) in [7, 11) is 0. The number of phenolic OH excluding ortho intramolecular Hbond substituents is 1. The zero-order valence-electron chi connectivity index (χ0n) is 9.49. The highest BCUT2D eigenvalue weighted by Crippen LogP contribution is 2.19. The Labute approximate surface area is 95.5 Å². The van der Waals surface area contributed by atoms with Gasteiger partial charge in [-0.1, -0.05) is 13.3 Å². The lowest BCUT2D eigenvalue weighted by Crippen LogP contribution is -2.22. The van der Waals surface area contributed by atoms with E-state index in [0.29, 0.717) is 24.2 Å². The third kappa shape index (κ3) is 3.81. The van der Waals surface area contributed by atoms with Gasteiger partial charge in [-0.15, -0.1) is 0 Å². The smallest absolute Gasteiger partial charge is 0.220 e. The number of phenols is 1. The van der Waals surface area contributed by atoms with Gasteiger partial charge in [-0.25, -0.2) is 0 Å². The van der Waals surface area contributed by atoms with Crippen LogP contribution < -0.4 is 11.1 Å². The average molecular weight is 222 g/mol. The number of benzene rings is 1. The van der Waals surface area contributed by atoms with E-state index in [0.717, 1.165) is 12.8 Å². The number of hydrogen-bond donors (Lipinski definition) is 3. The van der Waals surface area contributed by atoms with E-state index in [4.69, 9.17) is 5.73 Å². The summed E-state index contributed by atoms with van der Waals surface area (Å²) in [4.78, 5) is 11.3. The van der Waals surface area contributed by atoms with Crippen molar-refractivity contribution in [2.75, 3.05) is 5.73 Å². The number of nitrogens with one attached hydrogen (secondary N) is 1. The number of rotatable bonds is 5.